The van der Waals surface area contributed by atoms with E-state index in [1.807, 2.05) is 6.08 Å². The maximum absolute atomic E-state index is 11.2. The lowest BCUT2D eigenvalue weighted by Gasteiger charge is -2.19. The molecular formula is C17H31NO3. The summed E-state index contributed by atoms with van der Waals surface area (Å²) in [6.07, 6.45) is 14.1. The molecule has 4 nitrogen and oxygen atoms in total. The Morgan fingerprint density at radius 2 is 1.76 bits per heavy atom. The molecule has 4 heteroatoms. The van der Waals surface area contributed by atoms with E-state index in [9.17, 15) is 9.90 Å². The van der Waals surface area contributed by atoms with Gasteiger partial charge in [-0.1, -0.05) is 51.0 Å². The molecule has 0 bridgehead atoms. The molecule has 0 aromatic rings. The highest BCUT2D eigenvalue weighted by molar-refractivity contribution is 5.75. The van der Waals surface area contributed by atoms with Crippen molar-refractivity contribution in [2.24, 2.45) is 0 Å². The van der Waals surface area contributed by atoms with Crippen LogP contribution in [0.25, 0.3) is 0 Å². The largest absolute Gasteiger partial charge is 0.394 e. The first-order valence-electron chi connectivity index (χ1n) is 8.05. The normalized spacial score (nSPS) is 14.7. The summed E-state index contributed by atoms with van der Waals surface area (Å²) in [5.74, 6) is -0.170. The molecule has 21 heavy (non-hydrogen) atoms. The van der Waals surface area contributed by atoms with Gasteiger partial charge in [0, 0.05) is 6.42 Å². The fourth-order valence-electron chi connectivity index (χ4n) is 1.86. The molecule has 0 saturated heterocycles. The van der Waals surface area contributed by atoms with E-state index in [0.29, 0.717) is 6.42 Å². The molecule has 2 atom stereocenters. The van der Waals surface area contributed by atoms with Crippen molar-refractivity contribution in [1.82, 2.24) is 5.32 Å². The molecule has 0 aromatic carbocycles. The van der Waals surface area contributed by atoms with Crippen molar-refractivity contribution in [3.63, 3.8) is 0 Å². The quantitative estimate of drug-likeness (QED) is 0.383. The zero-order chi connectivity index (χ0) is 15.9. The van der Waals surface area contributed by atoms with Gasteiger partial charge >= 0.3 is 0 Å². The fraction of sp³-hybridized carbons (Fsp3) is 0.706. The number of carbonyl (C=O) groups is 1. The minimum absolute atomic E-state index is 0.170. The third kappa shape index (κ3) is 11.2. The van der Waals surface area contributed by atoms with Crippen LogP contribution in [-0.4, -0.2) is 34.9 Å². The summed E-state index contributed by atoms with van der Waals surface area (Å²) in [5, 5.41) is 21.6. The standard InChI is InChI=1S/C17H31NO3/c1-3-5-6-7-8-9-10-11-12-13-16(20)15(14-19)18-17(21)4-2/h8-9,12-13,15-16,19-20H,3-7,10-11,14H2,1-2H3,(H,18,21)/b9-8+,13-12+. The summed E-state index contributed by atoms with van der Waals surface area (Å²) in [7, 11) is 0. The van der Waals surface area contributed by atoms with Gasteiger partial charge in [0.15, 0.2) is 0 Å². The van der Waals surface area contributed by atoms with Crippen LogP contribution in [0, 0.1) is 0 Å². The fourth-order valence-corrected chi connectivity index (χ4v) is 1.86. The lowest BCUT2D eigenvalue weighted by Crippen LogP contribution is -2.44. The lowest BCUT2D eigenvalue weighted by molar-refractivity contribution is -0.122. The van der Waals surface area contributed by atoms with Gasteiger partial charge in [-0.3, -0.25) is 4.79 Å². The second-order valence-electron chi connectivity index (χ2n) is 5.17. The summed E-state index contributed by atoms with van der Waals surface area (Å²) in [6.45, 7) is 3.66. The van der Waals surface area contributed by atoms with Crippen LogP contribution in [0.4, 0.5) is 0 Å². The van der Waals surface area contributed by atoms with Gasteiger partial charge in [0.05, 0.1) is 18.8 Å². The smallest absolute Gasteiger partial charge is 0.220 e. The van der Waals surface area contributed by atoms with Gasteiger partial charge in [0.25, 0.3) is 0 Å². The summed E-state index contributed by atoms with van der Waals surface area (Å²) in [4.78, 5) is 11.2. The van der Waals surface area contributed by atoms with Crippen molar-refractivity contribution in [3.8, 4) is 0 Å². The first kappa shape index (κ1) is 19.9. The van der Waals surface area contributed by atoms with Crippen molar-refractivity contribution in [2.45, 2.75) is 70.9 Å². The Morgan fingerprint density at radius 3 is 2.38 bits per heavy atom. The van der Waals surface area contributed by atoms with Crippen LogP contribution in [0.15, 0.2) is 24.3 Å². The molecule has 1 amide bonds. The Kier molecular flexibility index (Phi) is 13.1. The number of aliphatic hydroxyl groups is 2. The molecule has 0 heterocycles. The number of rotatable bonds is 12. The Bertz CT molecular complexity index is 313. The van der Waals surface area contributed by atoms with E-state index in [4.69, 9.17) is 5.11 Å². The van der Waals surface area contributed by atoms with Gasteiger partial charge in [0.1, 0.15) is 0 Å². The molecular weight excluding hydrogens is 266 g/mol. The molecule has 2 unspecified atom stereocenters. The lowest BCUT2D eigenvalue weighted by atomic mass is 10.1. The Balaban J connectivity index is 3.86. The van der Waals surface area contributed by atoms with Gasteiger partial charge < -0.3 is 15.5 Å². The van der Waals surface area contributed by atoms with Crippen LogP contribution in [0.1, 0.15) is 58.8 Å². The van der Waals surface area contributed by atoms with Crippen molar-refractivity contribution in [3.05, 3.63) is 24.3 Å². The predicted molar refractivity (Wildman–Crippen MR) is 87.0 cm³/mol. The van der Waals surface area contributed by atoms with Crippen LogP contribution in [0.2, 0.25) is 0 Å². The monoisotopic (exact) mass is 297 g/mol. The van der Waals surface area contributed by atoms with E-state index in [1.165, 1.54) is 19.3 Å². The Labute approximate surface area is 128 Å². The Hall–Kier alpha value is -1.13. The molecule has 0 radical (unpaired) electrons. The topological polar surface area (TPSA) is 69.6 Å². The number of hydrogen-bond acceptors (Lipinski definition) is 3. The van der Waals surface area contributed by atoms with E-state index in [0.717, 1.165) is 19.3 Å². The van der Waals surface area contributed by atoms with Crippen molar-refractivity contribution >= 4 is 5.91 Å². The number of carbonyl (C=O) groups excluding carboxylic acids is 1. The minimum Gasteiger partial charge on any atom is -0.394 e. The number of aliphatic hydroxyl groups excluding tert-OH is 2. The third-order valence-electron chi connectivity index (χ3n) is 3.25. The van der Waals surface area contributed by atoms with Crippen LogP contribution in [0.3, 0.4) is 0 Å². The van der Waals surface area contributed by atoms with Gasteiger partial charge in [-0.2, -0.15) is 0 Å². The average Bonchev–Trinajstić information content (AvgIpc) is 2.50. The second-order valence-corrected chi connectivity index (χ2v) is 5.17. The first-order chi connectivity index (χ1) is 10.2. The van der Waals surface area contributed by atoms with Crippen LogP contribution in [0.5, 0.6) is 0 Å². The zero-order valence-electron chi connectivity index (χ0n) is 13.4. The van der Waals surface area contributed by atoms with Gasteiger partial charge in [-0.05, 0) is 25.7 Å². The molecule has 0 spiro atoms. The zero-order valence-corrected chi connectivity index (χ0v) is 13.4. The average molecular weight is 297 g/mol. The van der Waals surface area contributed by atoms with Crippen molar-refractivity contribution in [1.29, 1.82) is 0 Å². The van der Waals surface area contributed by atoms with Crippen LogP contribution in [-0.2, 0) is 4.79 Å². The summed E-state index contributed by atoms with van der Waals surface area (Å²) in [6, 6.07) is -0.627. The highest BCUT2D eigenvalue weighted by Crippen LogP contribution is 2.03. The van der Waals surface area contributed by atoms with E-state index in [-0.39, 0.29) is 12.5 Å². The van der Waals surface area contributed by atoms with Gasteiger partial charge in [-0.15, -0.1) is 0 Å². The highest BCUT2D eigenvalue weighted by Gasteiger charge is 2.16. The van der Waals surface area contributed by atoms with E-state index in [2.05, 4.69) is 24.4 Å². The maximum Gasteiger partial charge on any atom is 0.220 e. The summed E-state index contributed by atoms with van der Waals surface area (Å²) >= 11 is 0. The molecule has 0 aromatic heterocycles. The van der Waals surface area contributed by atoms with Crippen LogP contribution < -0.4 is 5.32 Å². The SMILES string of the molecule is CCCCC/C=C/CC/C=C/C(O)C(CO)NC(=O)CC. The highest BCUT2D eigenvalue weighted by atomic mass is 16.3. The summed E-state index contributed by atoms with van der Waals surface area (Å²) in [5.41, 5.74) is 0. The predicted octanol–water partition coefficient (Wildman–Crippen LogP) is 2.71. The second kappa shape index (κ2) is 13.8. The molecule has 0 saturated carbocycles. The molecule has 122 valence electrons. The van der Waals surface area contributed by atoms with Gasteiger partial charge in [-0.25, -0.2) is 0 Å². The van der Waals surface area contributed by atoms with Crippen LogP contribution >= 0.6 is 0 Å². The van der Waals surface area contributed by atoms with E-state index >= 15 is 0 Å². The molecule has 0 aliphatic rings. The number of amides is 1. The van der Waals surface area contributed by atoms with Crippen molar-refractivity contribution < 1.29 is 15.0 Å². The van der Waals surface area contributed by atoms with E-state index < -0.39 is 12.1 Å². The molecule has 0 fully saturated rings. The molecule has 0 rings (SSSR count). The van der Waals surface area contributed by atoms with Crippen molar-refractivity contribution in [2.75, 3.05) is 6.61 Å². The number of allylic oxidation sites excluding steroid dienone is 3. The third-order valence-corrected chi connectivity index (χ3v) is 3.25. The number of nitrogens with one attached hydrogen (secondary N) is 1. The number of unbranched alkanes of at least 4 members (excludes halogenated alkanes) is 4. The van der Waals surface area contributed by atoms with E-state index in [1.54, 1.807) is 13.0 Å². The first-order valence-corrected chi connectivity index (χ1v) is 8.05. The molecule has 0 aliphatic heterocycles. The van der Waals surface area contributed by atoms with Gasteiger partial charge in [0.2, 0.25) is 5.91 Å². The summed E-state index contributed by atoms with van der Waals surface area (Å²) < 4.78 is 0. The number of hydrogen-bond donors (Lipinski definition) is 3. The Morgan fingerprint density at radius 1 is 1.10 bits per heavy atom. The molecule has 3 N–H and O–H groups in total. The maximum atomic E-state index is 11.2. The molecule has 0 aliphatic carbocycles. The minimum atomic E-state index is -0.848.